The molecule has 98 valence electrons. The molecule has 4 nitrogen and oxygen atoms in total. The van der Waals surface area contributed by atoms with Gasteiger partial charge in [0.2, 0.25) is 5.79 Å². The molecule has 0 aliphatic carbocycles. The fourth-order valence-electron chi connectivity index (χ4n) is 1.48. The van der Waals surface area contributed by atoms with Gasteiger partial charge in [0.05, 0.1) is 18.2 Å². The van der Waals surface area contributed by atoms with E-state index in [2.05, 4.69) is 11.3 Å². The topological polar surface area (TPSA) is 55.8 Å². The maximum Gasteiger partial charge on any atom is 0.330 e. The van der Waals surface area contributed by atoms with Crippen LogP contribution < -0.4 is 0 Å². The lowest BCUT2D eigenvalue weighted by atomic mass is 10.1. The van der Waals surface area contributed by atoms with Gasteiger partial charge in [-0.25, -0.2) is 4.79 Å². The van der Waals surface area contributed by atoms with Crippen molar-refractivity contribution in [1.29, 1.82) is 0 Å². The molecule has 1 N–H and O–H groups in total. The summed E-state index contributed by atoms with van der Waals surface area (Å²) in [5, 5.41) is 10.1. The second kappa shape index (κ2) is 5.84. The van der Waals surface area contributed by atoms with Crippen molar-refractivity contribution in [3.8, 4) is 0 Å². The molecule has 1 aromatic rings. The van der Waals surface area contributed by atoms with Crippen LogP contribution in [-0.4, -0.2) is 18.2 Å². The Morgan fingerprint density at radius 1 is 1.61 bits per heavy atom. The van der Waals surface area contributed by atoms with Crippen molar-refractivity contribution >= 4 is 23.4 Å². The number of aliphatic hydroxyl groups is 1. The van der Waals surface area contributed by atoms with Gasteiger partial charge >= 0.3 is 5.97 Å². The van der Waals surface area contributed by atoms with Crippen LogP contribution in [0.25, 0.3) is 6.08 Å². The Morgan fingerprint density at radius 2 is 2.28 bits per heavy atom. The summed E-state index contributed by atoms with van der Waals surface area (Å²) in [4.78, 5) is 12.5. The number of esters is 1. The second-order valence-corrected chi connectivity index (χ2v) is 4.87. The van der Waals surface area contributed by atoms with Gasteiger partial charge in [0.1, 0.15) is 0 Å². The minimum atomic E-state index is -1.41. The largest absolute Gasteiger partial charge is 0.466 e. The molecule has 1 unspecified atom stereocenters. The first kappa shape index (κ1) is 14.5. The summed E-state index contributed by atoms with van der Waals surface area (Å²) in [6.45, 7) is 6.83. The summed E-state index contributed by atoms with van der Waals surface area (Å²) in [7, 11) is 1.32. The van der Waals surface area contributed by atoms with Gasteiger partial charge in [-0.15, -0.1) is 11.3 Å². The molecule has 0 aliphatic rings. The number of carbonyl (C=O) groups is 1. The van der Waals surface area contributed by atoms with Crippen molar-refractivity contribution in [2.24, 2.45) is 0 Å². The highest BCUT2D eigenvalue weighted by molar-refractivity contribution is 7.13. The standard InChI is InChI=1S/C13H16O4S/c1-5-17-13(3,15)12-9(2)8-10(18-12)6-7-11(14)16-4/h5-8,15H,1H2,2-4H3. The van der Waals surface area contributed by atoms with E-state index in [-0.39, 0.29) is 0 Å². The quantitative estimate of drug-likeness (QED) is 0.386. The Balaban J connectivity index is 2.98. The number of carbonyl (C=O) groups excluding carboxylic acids is 1. The zero-order valence-corrected chi connectivity index (χ0v) is 11.4. The van der Waals surface area contributed by atoms with Gasteiger partial charge in [-0.1, -0.05) is 6.58 Å². The van der Waals surface area contributed by atoms with E-state index >= 15 is 0 Å². The number of hydrogen-bond donors (Lipinski definition) is 1. The van der Waals surface area contributed by atoms with Gasteiger partial charge < -0.3 is 14.6 Å². The smallest absolute Gasteiger partial charge is 0.330 e. The zero-order chi connectivity index (χ0) is 13.8. The first-order chi connectivity index (χ1) is 8.40. The molecular weight excluding hydrogens is 252 g/mol. The summed E-state index contributed by atoms with van der Waals surface area (Å²) in [6, 6.07) is 1.86. The van der Waals surface area contributed by atoms with Crippen LogP contribution in [0.3, 0.4) is 0 Å². The van der Waals surface area contributed by atoms with Gasteiger partial charge in [-0.05, 0) is 24.6 Å². The van der Waals surface area contributed by atoms with E-state index in [0.29, 0.717) is 4.88 Å². The van der Waals surface area contributed by atoms with E-state index in [0.717, 1.165) is 10.4 Å². The Morgan fingerprint density at radius 3 is 2.83 bits per heavy atom. The number of hydrogen-bond acceptors (Lipinski definition) is 5. The highest BCUT2D eigenvalue weighted by Crippen LogP contribution is 2.33. The molecule has 18 heavy (non-hydrogen) atoms. The molecule has 1 rings (SSSR count). The molecule has 1 aromatic heterocycles. The Bertz CT molecular complexity index is 471. The van der Waals surface area contributed by atoms with Crippen molar-refractivity contribution in [1.82, 2.24) is 0 Å². The first-order valence-corrected chi connectivity index (χ1v) is 6.10. The van der Waals surface area contributed by atoms with Crippen LogP contribution in [0, 0.1) is 6.92 Å². The lowest BCUT2D eigenvalue weighted by molar-refractivity contribution is -0.157. The second-order valence-electron chi connectivity index (χ2n) is 3.78. The third-order valence-electron chi connectivity index (χ3n) is 2.26. The average molecular weight is 268 g/mol. The molecule has 0 aliphatic heterocycles. The third-order valence-corrected chi connectivity index (χ3v) is 3.65. The van der Waals surface area contributed by atoms with Crippen molar-refractivity contribution in [3.05, 3.63) is 40.3 Å². The molecular formula is C13H16O4S. The van der Waals surface area contributed by atoms with Crippen LogP contribution in [0.2, 0.25) is 0 Å². The average Bonchev–Trinajstić information content (AvgIpc) is 2.68. The van der Waals surface area contributed by atoms with E-state index in [9.17, 15) is 9.90 Å². The summed E-state index contributed by atoms with van der Waals surface area (Å²) in [5.74, 6) is -1.83. The maximum atomic E-state index is 11.0. The van der Waals surface area contributed by atoms with Gasteiger partial charge in [0.25, 0.3) is 0 Å². The lowest BCUT2D eigenvalue weighted by Crippen LogP contribution is -2.22. The summed E-state index contributed by atoms with van der Waals surface area (Å²) in [5.41, 5.74) is 0.886. The number of aryl methyl sites for hydroxylation is 1. The van der Waals surface area contributed by atoms with E-state index < -0.39 is 11.8 Å². The SMILES string of the molecule is C=COC(C)(O)c1sc(C=CC(=O)OC)cc1C. The minimum Gasteiger partial charge on any atom is -0.466 e. The highest BCUT2D eigenvalue weighted by Gasteiger charge is 2.27. The van der Waals surface area contributed by atoms with E-state index in [1.165, 1.54) is 30.8 Å². The zero-order valence-electron chi connectivity index (χ0n) is 10.6. The molecule has 1 heterocycles. The number of thiophene rings is 1. The summed E-state index contributed by atoms with van der Waals surface area (Å²) >= 11 is 1.34. The Kier molecular flexibility index (Phi) is 4.69. The van der Waals surface area contributed by atoms with Crippen LogP contribution in [-0.2, 0) is 20.1 Å². The molecule has 0 saturated carbocycles. The van der Waals surface area contributed by atoms with Gasteiger partial charge in [-0.3, -0.25) is 0 Å². The first-order valence-electron chi connectivity index (χ1n) is 5.28. The van der Waals surface area contributed by atoms with Crippen molar-refractivity contribution < 1.29 is 19.4 Å². The van der Waals surface area contributed by atoms with Crippen molar-refractivity contribution in [2.45, 2.75) is 19.6 Å². The lowest BCUT2D eigenvalue weighted by Gasteiger charge is -2.21. The number of methoxy groups -OCH3 is 1. The molecule has 0 bridgehead atoms. The Labute approximate surface area is 110 Å². The molecule has 0 spiro atoms. The van der Waals surface area contributed by atoms with Crippen LogP contribution in [0.4, 0.5) is 0 Å². The molecule has 0 saturated heterocycles. The fraction of sp³-hybridized carbons (Fsp3) is 0.308. The summed E-state index contributed by atoms with van der Waals surface area (Å²) < 4.78 is 9.58. The van der Waals surface area contributed by atoms with Gasteiger partial charge in [0, 0.05) is 17.9 Å². The molecule has 0 amide bonds. The van der Waals surface area contributed by atoms with Crippen molar-refractivity contribution in [3.63, 3.8) is 0 Å². The normalized spacial score (nSPS) is 14.2. The van der Waals surface area contributed by atoms with E-state index in [1.54, 1.807) is 13.0 Å². The fourth-order valence-corrected chi connectivity index (χ4v) is 2.55. The predicted octanol–water partition coefficient (Wildman–Crippen LogP) is 2.57. The monoisotopic (exact) mass is 268 g/mol. The maximum absolute atomic E-state index is 11.0. The molecule has 0 aromatic carbocycles. The van der Waals surface area contributed by atoms with Gasteiger partial charge in [0.15, 0.2) is 0 Å². The molecule has 0 fully saturated rings. The predicted molar refractivity (Wildman–Crippen MR) is 71.0 cm³/mol. The van der Waals surface area contributed by atoms with Gasteiger partial charge in [-0.2, -0.15) is 0 Å². The van der Waals surface area contributed by atoms with Crippen LogP contribution in [0.1, 0.15) is 22.2 Å². The third kappa shape index (κ3) is 3.45. The van der Waals surface area contributed by atoms with Crippen molar-refractivity contribution in [2.75, 3.05) is 7.11 Å². The van der Waals surface area contributed by atoms with E-state index in [4.69, 9.17) is 4.74 Å². The number of ether oxygens (including phenoxy) is 2. The number of rotatable bonds is 5. The molecule has 0 radical (unpaired) electrons. The summed E-state index contributed by atoms with van der Waals surface area (Å²) in [6.07, 6.45) is 4.16. The Hall–Kier alpha value is -1.59. The van der Waals surface area contributed by atoms with Crippen LogP contribution in [0.5, 0.6) is 0 Å². The van der Waals surface area contributed by atoms with Crippen LogP contribution in [0.15, 0.2) is 25.0 Å². The minimum absolute atomic E-state index is 0.420. The molecule has 1 atom stereocenters. The highest BCUT2D eigenvalue weighted by atomic mass is 32.1. The van der Waals surface area contributed by atoms with Crippen LogP contribution >= 0.6 is 11.3 Å². The van der Waals surface area contributed by atoms with E-state index in [1.807, 2.05) is 13.0 Å². The molecule has 5 heteroatoms.